The Morgan fingerprint density at radius 3 is 1.32 bits per heavy atom. The minimum Gasteiger partial charge on any atom is -0.489 e. The molecule has 4 rings (SSSR count). The number of ether oxygens (including phenoxy) is 2. The quantitative estimate of drug-likeness (QED) is 0.143. The molecule has 0 bridgehead atoms. The fourth-order valence-corrected chi connectivity index (χ4v) is 4.59. The second kappa shape index (κ2) is 15.4. The van der Waals surface area contributed by atoms with Gasteiger partial charge in [0, 0.05) is 39.3 Å². The fraction of sp³-hybridized carbons (Fsp3) is 0.314. The molecule has 0 aromatic heterocycles. The first kappa shape index (κ1) is 30.3. The van der Waals surface area contributed by atoms with Crippen LogP contribution in [0.1, 0.15) is 47.2 Å². The molecule has 4 aromatic carbocycles. The molecule has 0 spiro atoms. The van der Waals surface area contributed by atoms with Crippen LogP contribution in [-0.4, -0.2) is 13.1 Å². The summed E-state index contributed by atoms with van der Waals surface area (Å²) >= 11 is 0. The molecule has 0 heterocycles. The van der Waals surface area contributed by atoms with Gasteiger partial charge in [-0.3, -0.25) is 0 Å². The molecule has 41 heavy (non-hydrogen) atoms. The minimum absolute atomic E-state index is 0.104. The van der Waals surface area contributed by atoms with Crippen LogP contribution < -0.4 is 31.6 Å². The van der Waals surface area contributed by atoms with E-state index in [1.165, 1.54) is 11.1 Å². The highest BCUT2D eigenvalue weighted by Crippen LogP contribution is 2.17. The van der Waals surface area contributed by atoms with Crippen LogP contribution in [-0.2, 0) is 39.4 Å². The Morgan fingerprint density at radius 2 is 0.927 bits per heavy atom. The molecule has 0 unspecified atom stereocenters. The molecule has 0 amide bonds. The van der Waals surface area contributed by atoms with Gasteiger partial charge in [0.25, 0.3) is 0 Å². The van der Waals surface area contributed by atoms with Crippen LogP contribution in [0.25, 0.3) is 0 Å². The molecular weight excluding hydrogens is 508 g/mol. The van der Waals surface area contributed by atoms with E-state index in [1.54, 1.807) is 0 Å². The molecule has 216 valence electrons. The van der Waals surface area contributed by atoms with Crippen molar-refractivity contribution in [3.05, 3.63) is 130 Å². The average molecular weight is 553 g/mol. The van der Waals surface area contributed by atoms with Gasteiger partial charge in [-0.1, -0.05) is 86.6 Å². The number of benzene rings is 4. The van der Waals surface area contributed by atoms with Gasteiger partial charge in [0.1, 0.15) is 24.7 Å². The van der Waals surface area contributed by atoms with Crippen LogP contribution in [0.4, 0.5) is 0 Å². The van der Waals surface area contributed by atoms with E-state index in [0.717, 1.165) is 59.9 Å². The molecule has 6 heteroatoms. The van der Waals surface area contributed by atoms with E-state index >= 15 is 0 Å². The predicted molar refractivity (Wildman–Crippen MR) is 167 cm³/mol. The van der Waals surface area contributed by atoms with Gasteiger partial charge in [-0.25, -0.2) is 0 Å². The molecule has 0 aliphatic rings. The van der Waals surface area contributed by atoms with Gasteiger partial charge in [-0.2, -0.15) is 0 Å². The summed E-state index contributed by atoms with van der Waals surface area (Å²) in [6.45, 7) is 10.2. The molecular formula is C35H44N4O2. The van der Waals surface area contributed by atoms with Gasteiger partial charge in [0.2, 0.25) is 0 Å². The average Bonchev–Trinajstić information content (AvgIpc) is 3.00. The summed E-state index contributed by atoms with van der Waals surface area (Å²) in [4.78, 5) is 0. The smallest absolute Gasteiger partial charge is 0.119 e. The fourth-order valence-electron chi connectivity index (χ4n) is 4.59. The van der Waals surface area contributed by atoms with Crippen molar-refractivity contribution < 1.29 is 9.47 Å². The molecule has 6 nitrogen and oxygen atoms in total. The lowest BCUT2D eigenvalue weighted by Crippen LogP contribution is -2.37. The van der Waals surface area contributed by atoms with Crippen molar-refractivity contribution in [2.75, 3.05) is 13.1 Å². The maximum atomic E-state index is 5.95. The number of hydrogen-bond donors (Lipinski definition) is 4. The Kier molecular flexibility index (Phi) is 11.3. The van der Waals surface area contributed by atoms with Crippen molar-refractivity contribution in [2.24, 2.45) is 16.9 Å². The summed E-state index contributed by atoms with van der Waals surface area (Å²) in [6, 6.07) is 33.0. The lowest BCUT2D eigenvalue weighted by Gasteiger charge is -2.26. The molecule has 0 aliphatic carbocycles. The van der Waals surface area contributed by atoms with E-state index in [0.29, 0.717) is 26.3 Å². The third kappa shape index (κ3) is 10.3. The topological polar surface area (TPSA) is 94.6 Å². The maximum absolute atomic E-state index is 5.95. The largest absolute Gasteiger partial charge is 0.489 e. The van der Waals surface area contributed by atoms with Crippen LogP contribution in [0.5, 0.6) is 11.5 Å². The molecule has 0 aliphatic heterocycles. The van der Waals surface area contributed by atoms with Gasteiger partial charge in [-0.15, -0.1) is 0 Å². The Hall–Kier alpha value is -3.68. The Morgan fingerprint density at radius 1 is 0.537 bits per heavy atom. The van der Waals surface area contributed by atoms with Crippen LogP contribution in [0.2, 0.25) is 0 Å². The van der Waals surface area contributed by atoms with Gasteiger partial charge in [-0.05, 0) is 63.1 Å². The summed E-state index contributed by atoms with van der Waals surface area (Å²) in [5.41, 5.74) is 18.5. The molecule has 0 saturated heterocycles. The Bertz CT molecular complexity index is 1230. The monoisotopic (exact) mass is 552 g/mol. The second-order valence-corrected chi connectivity index (χ2v) is 11.3. The van der Waals surface area contributed by atoms with Crippen molar-refractivity contribution in [2.45, 2.75) is 53.2 Å². The maximum Gasteiger partial charge on any atom is 0.119 e. The molecule has 0 radical (unpaired) electrons. The van der Waals surface area contributed by atoms with E-state index < -0.39 is 0 Å². The summed E-state index contributed by atoms with van der Waals surface area (Å²) in [5.74, 6) is 1.71. The normalized spacial score (nSPS) is 11.4. The standard InChI is InChI=1S/C35H44N4O2/c1-35(2,25-38-21-29-5-3-7-31(17-29)23-40-33-13-9-27(19-36)10-14-33)26-39-22-30-6-4-8-32(18-30)24-41-34-15-11-28(20-37)12-16-34/h3-18,38-39H,19-26,36-37H2,1-2H3. The van der Waals surface area contributed by atoms with Crippen molar-refractivity contribution in [1.82, 2.24) is 10.6 Å². The molecule has 4 aromatic rings. The zero-order valence-electron chi connectivity index (χ0n) is 24.4. The number of hydrogen-bond acceptors (Lipinski definition) is 6. The zero-order chi connectivity index (χ0) is 28.9. The lowest BCUT2D eigenvalue weighted by molar-refractivity contribution is 0.305. The summed E-state index contributed by atoms with van der Waals surface area (Å²) < 4.78 is 11.9. The Balaban J connectivity index is 1.16. The first-order valence-corrected chi connectivity index (χ1v) is 14.3. The highest BCUT2D eigenvalue weighted by molar-refractivity contribution is 5.30. The summed E-state index contributed by atoms with van der Waals surface area (Å²) in [5, 5.41) is 7.27. The SMILES string of the molecule is CC(C)(CNCc1cccc(COc2ccc(CN)cc2)c1)CNCc1cccc(COc2ccc(CN)cc2)c1. The van der Waals surface area contributed by atoms with Crippen molar-refractivity contribution in [3.8, 4) is 11.5 Å². The van der Waals surface area contributed by atoms with Crippen molar-refractivity contribution in [1.29, 1.82) is 0 Å². The summed E-state index contributed by atoms with van der Waals surface area (Å²) in [7, 11) is 0. The first-order chi connectivity index (χ1) is 19.9. The van der Waals surface area contributed by atoms with Crippen LogP contribution in [0.3, 0.4) is 0 Å². The highest BCUT2D eigenvalue weighted by Gasteiger charge is 2.17. The molecule has 0 atom stereocenters. The summed E-state index contributed by atoms with van der Waals surface area (Å²) in [6.07, 6.45) is 0. The second-order valence-electron chi connectivity index (χ2n) is 11.3. The highest BCUT2D eigenvalue weighted by atomic mass is 16.5. The number of nitrogens with two attached hydrogens (primary N) is 2. The first-order valence-electron chi connectivity index (χ1n) is 14.3. The predicted octanol–water partition coefficient (Wildman–Crippen LogP) is 5.67. The number of rotatable bonds is 16. The van der Waals surface area contributed by atoms with Crippen LogP contribution in [0.15, 0.2) is 97.1 Å². The van der Waals surface area contributed by atoms with E-state index in [1.807, 2.05) is 48.5 Å². The van der Waals surface area contributed by atoms with Gasteiger partial charge >= 0.3 is 0 Å². The van der Waals surface area contributed by atoms with E-state index in [9.17, 15) is 0 Å². The van der Waals surface area contributed by atoms with Crippen LogP contribution >= 0.6 is 0 Å². The van der Waals surface area contributed by atoms with Crippen molar-refractivity contribution >= 4 is 0 Å². The zero-order valence-corrected chi connectivity index (χ0v) is 24.4. The van der Waals surface area contributed by atoms with Gasteiger partial charge in [0.15, 0.2) is 0 Å². The minimum atomic E-state index is 0.104. The van der Waals surface area contributed by atoms with E-state index in [-0.39, 0.29) is 5.41 Å². The van der Waals surface area contributed by atoms with Crippen LogP contribution in [0, 0.1) is 5.41 Å². The van der Waals surface area contributed by atoms with Gasteiger partial charge < -0.3 is 31.6 Å². The van der Waals surface area contributed by atoms with E-state index in [4.69, 9.17) is 20.9 Å². The number of nitrogens with one attached hydrogen (secondary N) is 2. The Labute approximate surface area is 245 Å². The lowest BCUT2D eigenvalue weighted by atomic mass is 9.93. The molecule has 0 saturated carbocycles. The third-order valence-corrected chi connectivity index (χ3v) is 6.98. The molecule has 6 N–H and O–H groups in total. The molecule has 0 fully saturated rings. The third-order valence-electron chi connectivity index (χ3n) is 6.98. The van der Waals surface area contributed by atoms with E-state index in [2.05, 4.69) is 73.0 Å². The van der Waals surface area contributed by atoms with Gasteiger partial charge in [0.05, 0.1) is 0 Å². The van der Waals surface area contributed by atoms with Crippen molar-refractivity contribution in [3.63, 3.8) is 0 Å².